The van der Waals surface area contributed by atoms with E-state index < -0.39 is 0 Å². The average molecular weight is 210 g/mol. The summed E-state index contributed by atoms with van der Waals surface area (Å²) >= 11 is 0. The molecule has 0 amide bonds. The van der Waals surface area contributed by atoms with Gasteiger partial charge in [0.1, 0.15) is 0 Å². The summed E-state index contributed by atoms with van der Waals surface area (Å²) in [5.74, 6) is 0.809. The molecule has 1 N–H and O–H groups in total. The van der Waals surface area contributed by atoms with Crippen LogP contribution in [-0.2, 0) is 0 Å². The van der Waals surface area contributed by atoms with E-state index in [1.165, 1.54) is 58.3 Å². The first kappa shape index (κ1) is 11.4. The van der Waals surface area contributed by atoms with E-state index in [0.717, 1.165) is 5.92 Å². The van der Waals surface area contributed by atoms with E-state index in [1.54, 1.807) is 0 Å². The van der Waals surface area contributed by atoms with Crippen LogP contribution in [0.1, 0.15) is 46.0 Å². The van der Waals surface area contributed by atoms with E-state index in [2.05, 4.69) is 24.1 Å². The van der Waals surface area contributed by atoms with E-state index in [-0.39, 0.29) is 0 Å². The summed E-state index contributed by atoms with van der Waals surface area (Å²) in [5, 5.41) is 3.80. The highest BCUT2D eigenvalue weighted by atomic mass is 15.2. The number of rotatable bonds is 2. The van der Waals surface area contributed by atoms with Crippen molar-refractivity contribution in [3.8, 4) is 0 Å². The summed E-state index contributed by atoms with van der Waals surface area (Å²) in [4.78, 5) is 2.67. The molecular weight excluding hydrogens is 184 g/mol. The Hall–Kier alpha value is -0.0800. The molecule has 15 heavy (non-hydrogen) atoms. The van der Waals surface area contributed by atoms with Crippen LogP contribution in [0.4, 0.5) is 0 Å². The van der Waals surface area contributed by atoms with Crippen LogP contribution in [0.5, 0.6) is 0 Å². The van der Waals surface area contributed by atoms with Gasteiger partial charge in [0.2, 0.25) is 0 Å². The van der Waals surface area contributed by atoms with Gasteiger partial charge in [-0.1, -0.05) is 33.1 Å². The van der Waals surface area contributed by atoms with Crippen molar-refractivity contribution in [2.45, 2.75) is 51.5 Å². The van der Waals surface area contributed by atoms with Gasteiger partial charge >= 0.3 is 0 Å². The molecule has 1 aliphatic heterocycles. The summed E-state index contributed by atoms with van der Waals surface area (Å²) in [5.41, 5.74) is 0.491. The number of nitrogens with zero attached hydrogens (tertiary/aromatic N) is 1. The summed E-state index contributed by atoms with van der Waals surface area (Å²) in [6.07, 6.45) is 7.13. The van der Waals surface area contributed by atoms with Gasteiger partial charge in [0.15, 0.2) is 0 Å². The molecule has 0 atom stereocenters. The first-order valence-corrected chi connectivity index (χ1v) is 6.68. The summed E-state index contributed by atoms with van der Waals surface area (Å²) < 4.78 is 0. The highest BCUT2D eigenvalue weighted by molar-refractivity contribution is 4.96. The third-order valence-electron chi connectivity index (χ3n) is 3.89. The lowest BCUT2D eigenvalue weighted by molar-refractivity contribution is 0.0911. The Labute approximate surface area is 94.4 Å². The van der Waals surface area contributed by atoms with E-state index in [4.69, 9.17) is 0 Å². The van der Waals surface area contributed by atoms with Crippen molar-refractivity contribution in [3.63, 3.8) is 0 Å². The third kappa shape index (κ3) is 2.94. The topological polar surface area (TPSA) is 15.3 Å². The first-order valence-electron chi connectivity index (χ1n) is 6.68. The minimum absolute atomic E-state index is 0.491. The van der Waals surface area contributed by atoms with Crippen LogP contribution in [0.25, 0.3) is 0 Å². The van der Waals surface area contributed by atoms with Crippen LogP contribution in [0, 0.1) is 5.92 Å². The summed E-state index contributed by atoms with van der Waals surface area (Å²) in [6, 6.07) is 0. The predicted molar refractivity (Wildman–Crippen MR) is 65.1 cm³/mol. The van der Waals surface area contributed by atoms with E-state index >= 15 is 0 Å². The van der Waals surface area contributed by atoms with E-state index in [1.807, 2.05) is 0 Å². The van der Waals surface area contributed by atoms with E-state index in [0.29, 0.717) is 5.54 Å². The number of nitrogens with one attached hydrogen (secondary N) is 1. The van der Waals surface area contributed by atoms with Gasteiger partial charge in [0.25, 0.3) is 0 Å². The molecule has 2 fully saturated rings. The van der Waals surface area contributed by atoms with Crippen LogP contribution >= 0.6 is 0 Å². The maximum atomic E-state index is 3.80. The summed E-state index contributed by atoms with van der Waals surface area (Å²) in [6.45, 7) is 9.69. The second kappa shape index (κ2) is 4.84. The molecule has 2 nitrogen and oxygen atoms in total. The van der Waals surface area contributed by atoms with Gasteiger partial charge in [-0.3, -0.25) is 4.90 Å². The van der Waals surface area contributed by atoms with Crippen LogP contribution in [0.15, 0.2) is 0 Å². The fraction of sp³-hybridized carbons (Fsp3) is 1.00. The van der Waals surface area contributed by atoms with Gasteiger partial charge in [0, 0.05) is 31.7 Å². The molecule has 2 heteroatoms. The minimum atomic E-state index is 0.491. The molecule has 1 spiro atoms. The molecule has 0 unspecified atom stereocenters. The van der Waals surface area contributed by atoms with Crippen molar-refractivity contribution in [2.24, 2.45) is 5.92 Å². The highest BCUT2D eigenvalue weighted by Crippen LogP contribution is 2.30. The highest BCUT2D eigenvalue weighted by Gasteiger charge is 2.35. The molecule has 88 valence electrons. The van der Waals surface area contributed by atoms with Crippen molar-refractivity contribution in [1.29, 1.82) is 0 Å². The lowest BCUT2D eigenvalue weighted by atomic mass is 9.80. The average Bonchev–Trinajstić information content (AvgIpc) is 2.17. The molecule has 0 aromatic heterocycles. The van der Waals surface area contributed by atoms with Gasteiger partial charge < -0.3 is 5.32 Å². The summed E-state index contributed by atoms with van der Waals surface area (Å²) in [7, 11) is 0. The van der Waals surface area contributed by atoms with Gasteiger partial charge in [-0.15, -0.1) is 0 Å². The van der Waals surface area contributed by atoms with Crippen molar-refractivity contribution < 1.29 is 0 Å². The molecule has 1 saturated heterocycles. The molecular formula is C13H26N2. The second-order valence-electron chi connectivity index (χ2n) is 5.90. The Morgan fingerprint density at radius 1 is 1.20 bits per heavy atom. The van der Waals surface area contributed by atoms with E-state index in [9.17, 15) is 0 Å². The smallest absolute Gasteiger partial charge is 0.0309 e. The monoisotopic (exact) mass is 210 g/mol. The van der Waals surface area contributed by atoms with Gasteiger partial charge in [-0.05, 0) is 18.8 Å². The number of hydrogen-bond acceptors (Lipinski definition) is 2. The van der Waals surface area contributed by atoms with Crippen LogP contribution in [-0.4, -0.2) is 36.6 Å². The lowest BCUT2D eigenvalue weighted by Crippen LogP contribution is -2.61. The zero-order chi connectivity index (χ0) is 10.7. The third-order valence-corrected chi connectivity index (χ3v) is 3.89. The Balaban J connectivity index is 1.90. The van der Waals surface area contributed by atoms with Crippen molar-refractivity contribution >= 4 is 0 Å². The molecule has 1 heterocycles. The lowest BCUT2D eigenvalue weighted by Gasteiger charge is -2.46. The second-order valence-corrected chi connectivity index (χ2v) is 5.90. The first-order chi connectivity index (χ1) is 7.20. The molecule has 2 aliphatic rings. The van der Waals surface area contributed by atoms with Crippen LogP contribution in [0.3, 0.4) is 0 Å². The normalized spacial score (nSPS) is 27.4. The Kier molecular flexibility index (Phi) is 3.68. The standard InChI is InChI=1S/C13H26N2/c1-12(2)10-15-9-8-14-13(11-15)6-4-3-5-7-13/h12,14H,3-11H2,1-2H3. The molecule has 1 saturated carbocycles. The molecule has 0 aromatic carbocycles. The largest absolute Gasteiger partial charge is 0.309 e. The maximum Gasteiger partial charge on any atom is 0.0309 e. The molecule has 0 bridgehead atoms. The van der Waals surface area contributed by atoms with Gasteiger partial charge in [-0.25, -0.2) is 0 Å². The maximum absolute atomic E-state index is 3.80. The van der Waals surface area contributed by atoms with Crippen molar-refractivity contribution in [1.82, 2.24) is 10.2 Å². The molecule has 2 rings (SSSR count). The zero-order valence-corrected chi connectivity index (χ0v) is 10.4. The van der Waals surface area contributed by atoms with Gasteiger partial charge in [-0.2, -0.15) is 0 Å². The molecule has 0 aromatic rings. The van der Waals surface area contributed by atoms with Crippen LogP contribution < -0.4 is 5.32 Å². The fourth-order valence-corrected chi connectivity index (χ4v) is 3.28. The number of hydrogen-bond donors (Lipinski definition) is 1. The minimum Gasteiger partial charge on any atom is -0.309 e. The van der Waals surface area contributed by atoms with Gasteiger partial charge in [0.05, 0.1) is 0 Å². The van der Waals surface area contributed by atoms with Crippen LogP contribution in [0.2, 0.25) is 0 Å². The molecule has 1 aliphatic carbocycles. The fourth-order valence-electron chi connectivity index (χ4n) is 3.28. The number of piperazine rings is 1. The Bertz CT molecular complexity index is 189. The van der Waals surface area contributed by atoms with Crippen molar-refractivity contribution in [2.75, 3.05) is 26.2 Å². The SMILES string of the molecule is CC(C)CN1CCNC2(CCCCC2)C1. The Morgan fingerprint density at radius 3 is 2.60 bits per heavy atom. The molecule has 0 radical (unpaired) electrons. The predicted octanol–water partition coefficient (Wildman–Crippen LogP) is 2.25. The Morgan fingerprint density at radius 2 is 1.93 bits per heavy atom. The quantitative estimate of drug-likeness (QED) is 0.752. The zero-order valence-electron chi connectivity index (χ0n) is 10.4. The van der Waals surface area contributed by atoms with Crippen molar-refractivity contribution in [3.05, 3.63) is 0 Å².